The zero-order valence-corrected chi connectivity index (χ0v) is 22.8. The lowest BCUT2D eigenvalue weighted by molar-refractivity contribution is -0.120. The van der Waals surface area contributed by atoms with Gasteiger partial charge >= 0.3 is 0 Å². The Morgan fingerprint density at radius 3 is 2.21 bits per heavy atom. The topological polar surface area (TPSA) is 137 Å². The van der Waals surface area contributed by atoms with E-state index < -0.39 is 21.1 Å². The molecule has 1 fully saturated rings. The Hall–Kier alpha value is -3.69. The Morgan fingerprint density at radius 2 is 1.58 bits per heavy atom. The van der Waals surface area contributed by atoms with Gasteiger partial charge in [-0.3, -0.25) is 10.2 Å². The van der Waals surface area contributed by atoms with Gasteiger partial charge in [-0.25, -0.2) is 13.1 Å². The summed E-state index contributed by atoms with van der Waals surface area (Å²) in [5, 5.41) is 14.1. The van der Waals surface area contributed by atoms with E-state index in [1.807, 2.05) is 24.3 Å². The number of hydrogen-bond acceptors (Lipinski definition) is 5. The molecule has 0 aromatic heterocycles. The molecule has 8 nitrogen and oxygen atoms in total. The Balaban J connectivity index is 1.55. The molecule has 0 spiro atoms. The molecule has 1 aliphatic rings. The van der Waals surface area contributed by atoms with Crippen LogP contribution in [0.5, 0.6) is 0 Å². The minimum absolute atomic E-state index is 0.0257. The summed E-state index contributed by atoms with van der Waals surface area (Å²) >= 11 is 0. The zero-order chi connectivity index (χ0) is 27.6. The zero-order valence-electron chi connectivity index (χ0n) is 22.0. The first-order valence-electron chi connectivity index (χ1n) is 12.7. The van der Waals surface area contributed by atoms with Gasteiger partial charge in [0.1, 0.15) is 11.4 Å². The number of hydrogen-bond donors (Lipinski definition) is 5. The molecule has 1 saturated carbocycles. The van der Waals surface area contributed by atoms with Crippen molar-refractivity contribution >= 4 is 33.1 Å². The fourth-order valence-corrected chi connectivity index (χ4v) is 6.46. The Kier molecular flexibility index (Phi) is 7.62. The minimum atomic E-state index is -3.73. The highest BCUT2D eigenvalue weighted by Crippen LogP contribution is 2.35. The van der Waals surface area contributed by atoms with Crippen molar-refractivity contribution in [3.8, 4) is 11.1 Å². The van der Waals surface area contributed by atoms with Crippen LogP contribution < -0.4 is 21.1 Å². The van der Waals surface area contributed by atoms with Crippen molar-refractivity contribution in [2.75, 3.05) is 10.6 Å². The Labute approximate surface area is 224 Å². The van der Waals surface area contributed by atoms with Gasteiger partial charge in [-0.05, 0) is 69.5 Å². The Bertz CT molecular complexity index is 1440. The molecule has 38 heavy (non-hydrogen) atoms. The predicted octanol–water partition coefficient (Wildman–Crippen LogP) is 5.08. The van der Waals surface area contributed by atoms with Crippen LogP contribution in [0.25, 0.3) is 11.1 Å². The molecule has 0 heterocycles. The van der Waals surface area contributed by atoms with Crippen LogP contribution in [-0.2, 0) is 14.8 Å². The molecule has 0 radical (unpaired) electrons. The van der Waals surface area contributed by atoms with Crippen molar-refractivity contribution in [3.63, 3.8) is 0 Å². The monoisotopic (exact) mass is 533 g/mol. The largest absolute Gasteiger partial charge is 0.384 e. The number of sulfonamides is 1. The van der Waals surface area contributed by atoms with Crippen LogP contribution in [0.2, 0.25) is 0 Å². The highest BCUT2D eigenvalue weighted by molar-refractivity contribution is 7.89. The van der Waals surface area contributed by atoms with E-state index in [4.69, 9.17) is 11.1 Å². The third-order valence-corrected chi connectivity index (χ3v) is 8.34. The molecule has 3 aromatic carbocycles. The fourth-order valence-electron chi connectivity index (χ4n) is 4.81. The molecule has 0 atom stereocenters. The van der Waals surface area contributed by atoms with Crippen molar-refractivity contribution in [3.05, 3.63) is 78.4 Å². The quantitative estimate of drug-likeness (QED) is 0.203. The van der Waals surface area contributed by atoms with Crippen LogP contribution in [0, 0.1) is 5.41 Å². The van der Waals surface area contributed by atoms with Crippen molar-refractivity contribution in [1.82, 2.24) is 4.72 Å². The van der Waals surface area contributed by atoms with Crippen molar-refractivity contribution < 1.29 is 13.2 Å². The van der Waals surface area contributed by atoms with Gasteiger partial charge in [-0.1, -0.05) is 55.3 Å². The maximum absolute atomic E-state index is 13.5. The first-order valence-corrected chi connectivity index (χ1v) is 14.1. The molecule has 0 bridgehead atoms. The van der Waals surface area contributed by atoms with Crippen molar-refractivity contribution in [2.24, 2.45) is 5.73 Å². The number of amidine groups is 1. The molecule has 3 aromatic rings. The molecular weight excluding hydrogens is 498 g/mol. The van der Waals surface area contributed by atoms with E-state index >= 15 is 0 Å². The number of amides is 1. The fraction of sp³-hybridized carbons (Fsp3) is 0.310. The van der Waals surface area contributed by atoms with Crippen LogP contribution in [-0.4, -0.2) is 31.2 Å². The van der Waals surface area contributed by atoms with Gasteiger partial charge in [0.15, 0.2) is 0 Å². The molecular formula is C29H35N5O3S. The van der Waals surface area contributed by atoms with Crippen LogP contribution in [0.15, 0.2) is 77.7 Å². The lowest BCUT2D eigenvalue weighted by atomic mass is 9.95. The van der Waals surface area contributed by atoms with Gasteiger partial charge in [0.05, 0.1) is 4.90 Å². The number of benzene rings is 3. The maximum Gasteiger partial charge on any atom is 0.250 e. The summed E-state index contributed by atoms with van der Waals surface area (Å²) in [7, 11) is -3.73. The summed E-state index contributed by atoms with van der Waals surface area (Å²) in [5.41, 5.74) is 7.53. The van der Waals surface area contributed by atoms with Crippen LogP contribution >= 0.6 is 0 Å². The number of nitrogens with one attached hydrogen (secondary N) is 4. The molecule has 4 rings (SSSR count). The van der Waals surface area contributed by atoms with Gasteiger partial charge < -0.3 is 16.4 Å². The molecule has 1 amide bonds. The third-order valence-electron chi connectivity index (χ3n) is 6.52. The maximum atomic E-state index is 13.5. The lowest BCUT2D eigenvalue weighted by Crippen LogP contribution is -2.47. The molecule has 9 heteroatoms. The SMILES string of the molecule is CC(C)(C)NS(=O)(=O)c1ccccc1-c1ccc(NC(=O)C2(Nc3cccc(C(=N)N)c3)CCCC2)cc1. The molecule has 1 aliphatic carbocycles. The second-order valence-corrected chi connectivity index (χ2v) is 12.4. The summed E-state index contributed by atoms with van der Waals surface area (Å²) in [6, 6.07) is 21.3. The first-order chi connectivity index (χ1) is 17.9. The Morgan fingerprint density at radius 1 is 0.921 bits per heavy atom. The standard InChI is InChI=1S/C29H35N5O3S/c1-28(2,3)34-38(36,37)25-12-5-4-11-24(25)20-13-15-22(16-14-20)32-27(35)29(17-6-7-18-29)33-23-10-8-9-21(19-23)26(30)31/h4-5,8-16,19,33-34H,6-7,17-18H2,1-3H3,(H3,30,31)(H,32,35). The van der Waals surface area contributed by atoms with Gasteiger partial charge in [-0.15, -0.1) is 0 Å². The average molecular weight is 534 g/mol. The van der Waals surface area contributed by atoms with E-state index in [1.165, 1.54) is 0 Å². The number of nitrogen functional groups attached to an aromatic ring is 1. The second-order valence-electron chi connectivity index (χ2n) is 10.8. The van der Waals surface area contributed by atoms with Gasteiger partial charge in [0, 0.05) is 28.0 Å². The number of carbonyl (C=O) groups excluding carboxylic acids is 1. The minimum Gasteiger partial charge on any atom is -0.384 e. The molecule has 0 saturated heterocycles. The molecule has 0 unspecified atom stereocenters. The van der Waals surface area contributed by atoms with E-state index in [1.54, 1.807) is 69.3 Å². The highest BCUT2D eigenvalue weighted by Gasteiger charge is 2.41. The van der Waals surface area contributed by atoms with E-state index in [0.29, 0.717) is 29.7 Å². The van der Waals surface area contributed by atoms with E-state index in [0.717, 1.165) is 24.1 Å². The summed E-state index contributed by atoms with van der Waals surface area (Å²) in [4.78, 5) is 13.7. The highest BCUT2D eigenvalue weighted by atomic mass is 32.2. The number of anilines is 2. The normalized spacial score (nSPS) is 15.1. The molecule has 6 N–H and O–H groups in total. The summed E-state index contributed by atoms with van der Waals surface area (Å²) < 4.78 is 28.8. The van der Waals surface area contributed by atoms with Gasteiger partial charge in [-0.2, -0.15) is 0 Å². The number of nitrogens with two attached hydrogens (primary N) is 1. The molecule has 200 valence electrons. The average Bonchev–Trinajstić information content (AvgIpc) is 3.33. The van der Waals surface area contributed by atoms with Crippen LogP contribution in [0.1, 0.15) is 52.0 Å². The summed E-state index contributed by atoms with van der Waals surface area (Å²) in [6.07, 6.45) is 3.24. The van der Waals surface area contributed by atoms with Crippen LogP contribution in [0.4, 0.5) is 11.4 Å². The van der Waals surface area contributed by atoms with E-state index in [9.17, 15) is 13.2 Å². The second kappa shape index (κ2) is 10.6. The smallest absolute Gasteiger partial charge is 0.250 e. The molecule has 0 aliphatic heterocycles. The summed E-state index contributed by atoms with van der Waals surface area (Å²) in [5.74, 6) is -0.157. The van der Waals surface area contributed by atoms with Gasteiger partial charge in [0.2, 0.25) is 15.9 Å². The number of carbonyl (C=O) groups is 1. The third kappa shape index (κ3) is 6.23. The lowest BCUT2D eigenvalue weighted by Gasteiger charge is -2.30. The predicted molar refractivity (Wildman–Crippen MR) is 153 cm³/mol. The van der Waals surface area contributed by atoms with Crippen LogP contribution in [0.3, 0.4) is 0 Å². The van der Waals surface area contributed by atoms with E-state index in [-0.39, 0.29) is 16.6 Å². The summed E-state index contributed by atoms with van der Waals surface area (Å²) in [6.45, 7) is 5.41. The van der Waals surface area contributed by atoms with Crippen molar-refractivity contribution in [2.45, 2.75) is 62.4 Å². The van der Waals surface area contributed by atoms with Crippen molar-refractivity contribution in [1.29, 1.82) is 5.41 Å². The number of rotatable bonds is 8. The van der Waals surface area contributed by atoms with Gasteiger partial charge in [0.25, 0.3) is 0 Å². The van der Waals surface area contributed by atoms with E-state index in [2.05, 4.69) is 15.4 Å². The first kappa shape index (κ1) is 27.3.